The Morgan fingerprint density at radius 2 is 1.79 bits per heavy atom. The SMILES string of the molecule is O=C(CN1CCC(NC(=O)c2ccco2)CC1)Nc1cccc2ccccc12. The highest BCUT2D eigenvalue weighted by Crippen LogP contribution is 2.23. The average Bonchev–Trinajstić information content (AvgIpc) is 3.25. The van der Waals surface area contributed by atoms with E-state index in [4.69, 9.17) is 4.42 Å². The number of nitrogens with zero attached hydrogens (tertiary/aromatic N) is 1. The van der Waals surface area contributed by atoms with Crippen LogP contribution in [0.2, 0.25) is 0 Å². The molecule has 144 valence electrons. The van der Waals surface area contributed by atoms with E-state index >= 15 is 0 Å². The largest absolute Gasteiger partial charge is 0.459 e. The number of carbonyl (C=O) groups excluding carboxylic acids is 2. The van der Waals surface area contributed by atoms with Crippen molar-refractivity contribution in [3.8, 4) is 0 Å². The van der Waals surface area contributed by atoms with Gasteiger partial charge in [-0.25, -0.2) is 0 Å². The minimum absolute atomic E-state index is 0.0191. The summed E-state index contributed by atoms with van der Waals surface area (Å²) < 4.78 is 5.12. The second kappa shape index (κ2) is 8.27. The Morgan fingerprint density at radius 3 is 2.57 bits per heavy atom. The highest BCUT2D eigenvalue weighted by atomic mass is 16.3. The van der Waals surface area contributed by atoms with Crippen molar-refractivity contribution in [3.63, 3.8) is 0 Å². The molecule has 2 aromatic carbocycles. The van der Waals surface area contributed by atoms with E-state index in [1.54, 1.807) is 12.1 Å². The smallest absolute Gasteiger partial charge is 0.287 e. The van der Waals surface area contributed by atoms with Crippen molar-refractivity contribution in [1.29, 1.82) is 0 Å². The van der Waals surface area contributed by atoms with E-state index in [-0.39, 0.29) is 17.9 Å². The van der Waals surface area contributed by atoms with Crippen LogP contribution in [0, 0.1) is 0 Å². The van der Waals surface area contributed by atoms with Crippen LogP contribution in [0.15, 0.2) is 65.3 Å². The van der Waals surface area contributed by atoms with Crippen LogP contribution in [0.5, 0.6) is 0 Å². The van der Waals surface area contributed by atoms with E-state index in [9.17, 15) is 9.59 Å². The van der Waals surface area contributed by atoms with Gasteiger partial charge in [0.15, 0.2) is 5.76 Å². The Morgan fingerprint density at radius 1 is 1.00 bits per heavy atom. The topological polar surface area (TPSA) is 74.6 Å². The summed E-state index contributed by atoms with van der Waals surface area (Å²) in [5.74, 6) is 0.128. The van der Waals surface area contributed by atoms with Gasteiger partial charge in [0.25, 0.3) is 5.91 Å². The lowest BCUT2D eigenvalue weighted by Gasteiger charge is -2.31. The minimum Gasteiger partial charge on any atom is -0.459 e. The van der Waals surface area contributed by atoms with Gasteiger partial charge in [-0.2, -0.15) is 0 Å². The summed E-state index contributed by atoms with van der Waals surface area (Å²) in [7, 11) is 0. The highest BCUT2D eigenvalue weighted by molar-refractivity contribution is 6.02. The van der Waals surface area contributed by atoms with Gasteiger partial charge in [0.05, 0.1) is 12.8 Å². The Bertz CT molecular complexity index is 955. The fourth-order valence-corrected chi connectivity index (χ4v) is 3.63. The van der Waals surface area contributed by atoms with E-state index < -0.39 is 0 Å². The van der Waals surface area contributed by atoms with Crippen molar-refractivity contribution in [2.75, 3.05) is 25.0 Å². The van der Waals surface area contributed by atoms with Crippen LogP contribution in [-0.2, 0) is 4.79 Å². The third kappa shape index (κ3) is 4.23. The molecule has 0 bridgehead atoms. The number of fused-ring (bicyclic) bond motifs is 1. The summed E-state index contributed by atoms with van der Waals surface area (Å²) in [6.07, 6.45) is 3.12. The molecule has 6 heteroatoms. The van der Waals surface area contributed by atoms with E-state index in [2.05, 4.69) is 15.5 Å². The second-order valence-electron chi connectivity index (χ2n) is 7.08. The number of hydrogen-bond donors (Lipinski definition) is 2. The van der Waals surface area contributed by atoms with E-state index in [1.807, 2.05) is 42.5 Å². The zero-order valence-corrected chi connectivity index (χ0v) is 15.6. The first-order valence-electron chi connectivity index (χ1n) is 9.53. The van der Waals surface area contributed by atoms with Crippen LogP contribution in [0.1, 0.15) is 23.4 Å². The highest BCUT2D eigenvalue weighted by Gasteiger charge is 2.23. The molecule has 28 heavy (non-hydrogen) atoms. The number of piperidine rings is 1. The summed E-state index contributed by atoms with van der Waals surface area (Å²) in [5, 5.41) is 8.17. The zero-order chi connectivity index (χ0) is 19.3. The van der Waals surface area contributed by atoms with Crippen LogP contribution in [-0.4, -0.2) is 42.4 Å². The van der Waals surface area contributed by atoms with Crippen LogP contribution >= 0.6 is 0 Å². The van der Waals surface area contributed by atoms with E-state index in [0.717, 1.165) is 42.4 Å². The Labute approximate surface area is 163 Å². The first-order chi connectivity index (χ1) is 13.7. The van der Waals surface area contributed by atoms with Gasteiger partial charge in [0.2, 0.25) is 5.91 Å². The molecule has 0 unspecified atom stereocenters. The number of carbonyl (C=O) groups is 2. The molecule has 6 nitrogen and oxygen atoms in total. The molecular formula is C22H23N3O3. The summed E-state index contributed by atoms with van der Waals surface area (Å²) in [6, 6.07) is 17.4. The van der Waals surface area contributed by atoms with Crippen molar-refractivity contribution in [2.45, 2.75) is 18.9 Å². The maximum absolute atomic E-state index is 12.5. The van der Waals surface area contributed by atoms with Crippen LogP contribution in [0.3, 0.4) is 0 Å². The lowest BCUT2D eigenvalue weighted by Crippen LogP contribution is -2.46. The van der Waals surface area contributed by atoms with Crippen molar-refractivity contribution >= 4 is 28.3 Å². The summed E-state index contributed by atoms with van der Waals surface area (Å²) in [5.41, 5.74) is 0.837. The Hall–Kier alpha value is -3.12. The number of nitrogens with one attached hydrogen (secondary N) is 2. The van der Waals surface area contributed by atoms with E-state index in [1.165, 1.54) is 6.26 Å². The van der Waals surface area contributed by atoms with Gasteiger partial charge in [-0.05, 0) is 36.4 Å². The Kier molecular flexibility index (Phi) is 5.39. The summed E-state index contributed by atoms with van der Waals surface area (Å²) in [4.78, 5) is 26.7. The molecule has 0 atom stereocenters. The number of hydrogen-bond acceptors (Lipinski definition) is 4. The van der Waals surface area contributed by atoms with Gasteiger partial charge >= 0.3 is 0 Å². The molecule has 1 aliphatic heterocycles. The molecule has 2 heterocycles. The molecule has 4 rings (SSSR count). The van der Waals surface area contributed by atoms with Gasteiger partial charge in [0, 0.05) is 30.2 Å². The minimum atomic E-state index is -0.183. The van der Waals surface area contributed by atoms with Crippen molar-refractivity contribution in [2.24, 2.45) is 0 Å². The summed E-state index contributed by atoms with van der Waals surface area (Å²) >= 11 is 0. The maximum atomic E-state index is 12.5. The fraction of sp³-hybridized carbons (Fsp3) is 0.273. The van der Waals surface area contributed by atoms with Crippen LogP contribution in [0.4, 0.5) is 5.69 Å². The number of rotatable bonds is 5. The molecule has 1 saturated heterocycles. The molecule has 0 saturated carbocycles. The van der Waals surface area contributed by atoms with Crippen LogP contribution < -0.4 is 10.6 Å². The summed E-state index contributed by atoms with van der Waals surface area (Å²) in [6.45, 7) is 1.89. The molecule has 0 radical (unpaired) electrons. The average molecular weight is 377 g/mol. The van der Waals surface area contributed by atoms with Gasteiger partial charge in [-0.1, -0.05) is 36.4 Å². The molecule has 0 aliphatic carbocycles. The molecule has 0 spiro atoms. The number of furan rings is 1. The van der Waals surface area contributed by atoms with Gasteiger partial charge in [-0.15, -0.1) is 0 Å². The van der Waals surface area contributed by atoms with Crippen molar-refractivity contribution in [1.82, 2.24) is 10.2 Å². The molecule has 1 aromatic heterocycles. The molecule has 3 aromatic rings. The monoisotopic (exact) mass is 377 g/mol. The van der Waals surface area contributed by atoms with Crippen molar-refractivity contribution < 1.29 is 14.0 Å². The number of amides is 2. The third-order valence-electron chi connectivity index (χ3n) is 5.10. The van der Waals surface area contributed by atoms with Crippen molar-refractivity contribution in [3.05, 3.63) is 66.6 Å². The van der Waals surface area contributed by atoms with Gasteiger partial charge < -0.3 is 15.1 Å². The zero-order valence-electron chi connectivity index (χ0n) is 15.6. The second-order valence-corrected chi connectivity index (χ2v) is 7.08. The molecule has 2 N–H and O–H groups in total. The number of likely N-dealkylation sites (tertiary alicyclic amines) is 1. The fourth-order valence-electron chi connectivity index (χ4n) is 3.63. The lowest BCUT2D eigenvalue weighted by atomic mass is 10.0. The number of benzene rings is 2. The van der Waals surface area contributed by atoms with Crippen LogP contribution in [0.25, 0.3) is 10.8 Å². The molecule has 2 amide bonds. The molecule has 1 aliphatic rings. The third-order valence-corrected chi connectivity index (χ3v) is 5.10. The lowest BCUT2D eigenvalue weighted by molar-refractivity contribution is -0.117. The van der Waals surface area contributed by atoms with Gasteiger partial charge in [0.1, 0.15) is 0 Å². The van der Waals surface area contributed by atoms with E-state index in [0.29, 0.717) is 12.3 Å². The molecular weight excluding hydrogens is 354 g/mol. The van der Waals surface area contributed by atoms with Gasteiger partial charge in [-0.3, -0.25) is 14.5 Å². The number of anilines is 1. The quantitative estimate of drug-likeness (QED) is 0.716. The first kappa shape index (κ1) is 18.3. The normalized spacial score (nSPS) is 15.4. The predicted octanol–water partition coefficient (Wildman–Crippen LogP) is 3.27. The standard InChI is InChI=1S/C22H23N3O3/c26-21(24-19-8-3-6-16-5-1-2-7-18(16)19)15-25-12-10-17(11-13-25)23-22(27)20-9-4-14-28-20/h1-9,14,17H,10-13,15H2,(H,23,27)(H,24,26). The Balaban J connectivity index is 1.27. The predicted molar refractivity (Wildman–Crippen MR) is 108 cm³/mol. The first-order valence-corrected chi connectivity index (χ1v) is 9.53. The maximum Gasteiger partial charge on any atom is 0.287 e. The molecule has 1 fully saturated rings.